The fourth-order valence-electron chi connectivity index (χ4n) is 2.60. The van der Waals surface area contributed by atoms with Crippen molar-refractivity contribution in [1.29, 1.82) is 0 Å². The largest absolute Gasteiger partial charge is 0.339 e. The molecule has 1 saturated heterocycles. The van der Waals surface area contributed by atoms with Gasteiger partial charge in [0.15, 0.2) is 0 Å². The van der Waals surface area contributed by atoms with Crippen LogP contribution in [0.4, 0.5) is 0 Å². The summed E-state index contributed by atoms with van der Waals surface area (Å²) in [6, 6.07) is 0. The number of hydrogen-bond acceptors (Lipinski definition) is 3. The first kappa shape index (κ1) is 15.3. The smallest absolute Gasteiger partial charge is 0.236 e. The van der Waals surface area contributed by atoms with Gasteiger partial charge in [-0.1, -0.05) is 13.3 Å². The lowest BCUT2D eigenvalue weighted by molar-refractivity contribution is -0.140. The van der Waals surface area contributed by atoms with Crippen molar-refractivity contribution in [1.82, 2.24) is 14.7 Å². The topological polar surface area (TPSA) is 43.9 Å². The van der Waals surface area contributed by atoms with Crippen molar-refractivity contribution in [2.24, 2.45) is 5.92 Å². The van der Waals surface area contributed by atoms with Crippen molar-refractivity contribution in [3.63, 3.8) is 0 Å². The van der Waals surface area contributed by atoms with Crippen LogP contribution in [-0.4, -0.2) is 72.8 Å². The molecular formula is C15H27N3O2. The highest BCUT2D eigenvalue weighted by atomic mass is 16.2. The van der Waals surface area contributed by atoms with E-state index in [-0.39, 0.29) is 11.8 Å². The highest BCUT2D eigenvalue weighted by molar-refractivity contribution is 5.82. The van der Waals surface area contributed by atoms with E-state index in [1.807, 2.05) is 16.8 Å². The minimum absolute atomic E-state index is 0.196. The molecule has 2 amide bonds. The molecule has 1 saturated carbocycles. The van der Waals surface area contributed by atoms with Gasteiger partial charge in [0, 0.05) is 32.1 Å². The molecule has 2 fully saturated rings. The predicted octanol–water partition coefficient (Wildman–Crippen LogP) is 0.799. The number of nitrogens with zero attached hydrogens (tertiary/aromatic N) is 3. The van der Waals surface area contributed by atoms with Gasteiger partial charge in [-0.15, -0.1) is 0 Å². The quantitative estimate of drug-likeness (QED) is 0.723. The maximum Gasteiger partial charge on any atom is 0.236 e. The standard InChI is InChI=1S/C15H27N3O2/c1-3-4-7-16(2)12-14(19)17-8-10-18(11-9-17)15(20)13-5-6-13/h13H,3-12H2,1-2H3. The summed E-state index contributed by atoms with van der Waals surface area (Å²) < 4.78 is 0. The lowest BCUT2D eigenvalue weighted by atomic mass is 10.2. The number of likely N-dealkylation sites (N-methyl/N-ethyl adjacent to an activating group) is 1. The molecule has 114 valence electrons. The first-order valence-corrected chi connectivity index (χ1v) is 7.87. The molecule has 1 heterocycles. The molecule has 1 aliphatic heterocycles. The molecule has 2 aliphatic rings. The number of unbranched alkanes of at least 4 members (excludes halogenated alkanes) is 1. The fourth-order valence-corrected chi connectivity index (χ4v) is 2.60. The summed E-state index contributed by atoms with van der Waals surface area (Å²) in [7, 11) is 2.00. The van der Waals surface area contributed by atoms with Crippen LogP contribution in [0.15, 0.2) is 0 Å². The van der Waals surface area contributed by atoms with Crippen LogP contribution in [0, 0.1) is 5.92 Å². The number of carbonyl (C=O) groups excluding carboxylic acids is 2. The van der Waals surface area contributed by atoms with E-state index in [0.29, 0.717) is 38.6 Å². The molecule has 20 heavy (non-hydrogen) atoms. The van der Waals surface area contributed by atoms with Crippen LogP contribution in [0.5, 0.6) is 0 Å². The summed E-state index contributed by atoms with van der Waals surface area (Å²) in [6.45, 7) is 6.43. The van der Waals surface area contributed by atoms with Gasteiger partial charge in [0.05, 0.1) is 6.54 Å². The van der Waals surface area contributed by atoms with Gasteiger partial charge >= 0.3 is 0 Å². The molecule has 0 aromatic carbocycles. The Morgan fingerprint density at radius 1 is 1.10 bits per heavy atom. The van der Waals surface area contributed by atoms with Crippen molar-refractivity contribution in [3.8, 4) is 0 Å². The number of amides is 2. The van der Waals surface area contributed by atoms with Crippen LogP contribution in [0.2, 0.25) is 0 Å². The third kappa shape index (κ3) is 4.20. The minimum Gasteiger partial charge on any atom is -0.339 e. The van der Waals surface area contributed by atoms with Gasteiger partial charge in [-0.25, -0.2) is 0 Å². The highest BCUT2D eigenvalue weighted by Crippen LogP contribution is 2.31. The molecule has 0 spiro atoms. The van der Waals surface area contributed by atoms with Crippen LogP contribution in [0.3, 0.4) is 0 Å². The van der Waals surface area contributed by atoms with Crippen LogP contribution in [0.1, 0.15) is 32.6 Å². The number of carbonyl (C=O) groups is 2. The second-order valence-electron chi connectivity index (χ2n) is 6.07. The lowest BCUT2D eigenvalue weighted by Crippen LogP contribution is -2.52. The van der Waals surface area contributed by atoms with Gasteiger partial charge < -0.3 is 9.80 Å². The zero-order valence-electron chi connectivity index (χ0n) is 12.8. The molecule has 0 bridgehead atoms. The van der Waals surface area contributed by atoms with E-state index in [1.165, 1.54) is 0 Å². The number of piperazine rings is 1. The summed E-state index contributed by atoms with van der Waals surface area (Å²) in [5.74, 6) is 0.789. The molecule has 0 N–H and O–H groups in total. The maximum atomic E-state index is 12.2. The average Bonchev–Trinajstić information content (AvgIpc) is 3.29. The third-order valence-corrected chi connectivity index (χ3v) is 4.17. The van der Waals surface area contributed by atoms with E-state index in [2.05, 4.69) is 11.8 Å². The van der Waals surface area contributed by atoms with E-state index in [4.69, 9.17) is 0 Å². The molecule has 0 atom stereocenters. The van der Waals surface area contributed by atoms with E-state index in [9.17, 15) is 9.59 Å². The SMILES string of the molecule is CCCCN(C)CC(=O)N1CCN(C(=O)C2CC2)CC1. The van der Waals surface area contributed by atoms with Crippen LogP contribution >= 0.6 is 0 Å². The van der Waals surface area contributed by atoms with Crippen LogP contribution < -0.4 is 0 Å². The van der Waals surface area contributed by atoms with E-state index in [1.54, 1.807) is 0 Å². The van der Waals surface area contributed by atoms with Gasteiger partial charge in [0.1, 0.15) is 0 Å². The number of rotatable bonds is 6. The number of hydrogen-bond donors (Lipinski definition) is 0. The summed E-state index contributed by atoms with van der Waals surface area (Å²) in [4.78, 5) is 30.0. The van der Waals surface area contributed by atoms with Crippen molar-refractivity contribution in [3.05, 3.63) is 0 Å². The summed E-state index contributed by atoms with van der Waals surface area (Å²) >= 11 is 0. The predicted molar refractivity (Wildman–Crippen MR) is 78.3 cm³/mol. The molecule has 0 radical (unpaired) electrons. The van der Waals surface area contributed by atoms with Crippen molar-refractivity contribution in [2.75, 3.05) is 46.3 Å². The first-order chi connectivity index (χ1) is 9.61. The Bertz CT molecular complexity index is 347. The molecule has 0 unspecified atom stereocenters. The highest BCUT2D eigenvalue weighted by Gasteiger charge is 2.35. The second-order valence-corrected chi connectivity index (χ2v) is 6.07. The Morgan fingerprint density at radius 3 is 2.25 bits per heavy atom. The van der Waals surface area contributed by atoms with Gasteiger partial charge in [-0.3, -0.25) is 14.5 Å². The summed E-state index contributed by atoms with van der Waals surface area (Å²) in [5.41, 5.74) is 0. The van der Waals surface area contributed by atoms with Crippen molar-refractivity contribution >= 4 is 11.8 Å². The zero-order chi connectivity index (χ0) is 14.5. The third-order valence-electron chi connectivity index (χ3n) is 4.17. The van der Waals surface area contributed by atoms with Gasteiger partial charge in [-0.05, 0) is 32.9 Å². The monoisotopic (exact) mass is 281 g/mol. The molecule has 1 aliphatic carbocycles. The molecule has 5 nitrogen and oxygen atoms in total. The average molecular weight is 281 g/mol. The lowest BCUT2D eigenvalue weighted by Gasteiger charge is -2.35. The fraction of sp³-hybridized carbons (Fsp3) is 0.867. The van der Waals surface area contributed by atoms with Gasteiger partial charge in [-0.2, -0.15) is 0 Å². The Kier molecular flexibility index (Phi) is 5.40. The van der Waals surface area contributed by atoms with Crippen LogP contribution in [0.25, 0.3) is 0 Å². The minimum atomic E-state index is 0.196. The Labute approximate surface area is 121 Å². The van der Waals surface area contributed by atoms with Gasteiger partial charge in [0.25, 0.3) is 0 Å². The van der Waals surface area contributed by atoms with Crippen molar-refractivity contribution in [2.45, 2.75) is 32.6 Å². The van der Waals surface area contributed by atoms with E-state index >= 15 is 0 Å². The normalized spacial score (nSPS) is 19.6. The Morgan fingerprint density at radius 2 is 1.70 bits per heavy atom. The zero-order valence-corrected chi connectivity index (χ0v) is 12.8. The second kappa shape index (κ2) is 7.07. The van der Waals surface area contributed by atoms with E-state index < -0.39 is 0 Å². The molecule has 2 rings (SSSR count). The summed E-state index contributed by atoms with van der Waals surface area (Å²) in [5, 5.41) is 0. The molecular weight excluding hydrogens is 254 g/mol. The van der Waals surface area contributed by atoms with E-state index in [0.717, 1.165) is 32.2 Å². The molecule has 0 aromatic rings. The molecule has 0 aromatic heterocycles. The van der Waals surface area contributed by atoms with Crippen LogP contribution in [-0.2, 0) is 9.59 Å². The Hall–Kier alpha value is -1.10. The summed E-state index contributed by atoms with van der Waals surface area (Å²) in [6.07, 6.45) is 4.40. The maximum absolute atomic E-state index is 12.2. The van der Waals surface area contributed by atoms with Crippen molar-refractivity contribution < 1.29 is 9.59 Å². The Balaban J connectivity index is 1.69. The first-order valence-electron chi connectivity index (χ1n) is 7.87. The molecule has 5 heteroatoms. The van der Waals surface area contributed by atoms with Gasteiger partial charge in [0.2, 0.25) is 11.8 Å².